The minimum atomic E-state index is -3.46. The van der Waals surface area contributed by atoms with Crippen LogP contribution in [0.4, 0.5) is 5.69 Å². The lowest BCUT2D eigenvalue weighted by atomic mass is 10.3. The first-order chi connectivity index (χ1) is 9.42. The number of hydrogen-bond acceptors (Lipinski definition) is 5. The second-order valence-corrected chi connectivity index (χ2v) is 6.47. The van der Waals surface area contributed by atoms with E-state index in [1.54, 1.807) is 25.1 Å². The Hall–Kier alpha value is -1.47. The minimum absolute atomic E-state index is 0.396. The summed E-state index contributed by atoms with van der Waals surface area (Å²) in [5.41, 5.74) is 0.421. The van der Waals surface area contributed by atoms with E-state index < -0.39 is 15.3 Å². The Morgan fingerprint density at radius 1 is 1.15 bits per heavy atom. The molecule has 1 aromatic rings. The normalized spacial score (nSPS) is 12.8. The average Bonchev–Trinajstić information content (AvgIpc) is 2.43. The summed E-state index contributed by atoms with van der Waals surface area (Å²) in [6.07, 6.45) is 0. The number of nitrogens with one attached hydrogen (secondary N) is 2. The summed E-state index contributed by atoms with van der Waals surface area (Å²) in [5.74, 6) is 1.06. The van der Waals surface area contributed by atoms with Gasteiger partial charge in [0, 0.05) is 24.7 Å². The molecule has 0 amide bonds. The van der Waals surface area contributed by atoms with E-state index in [0.717, 1.165) is 6.54 Å². The summed E-state index contributed by atoms with van der Waals surface area (Å²) in [6.45, 7) is 4.71. The van der Waals surface area contributed by atoms with Gasteiger partial charge in [-0.3, -0.25) is 4.72 Å². The monoisotopic (exact) mass is 302 g/mol. The number of ether oxygens (including phenoxy) is 2. The maximum atomic E-state index is 12.2. The molecule has 0 aliphatic heterocycles. The summed E-state index contributed by atoms with van der Waals surface area (Å²) < 4.78 is 37.1. The van der Waals surface area contributed by atoms with Gasteiger partial charge >= 0.3 is 0 Å². The summed E-state index contributed by atoms with van der Waals surface area (Å²) in [5, 5.41) is 2.47. The van der Waals surface area contributed by atoms with Gasteiger partial charge in [0.15, 0.2) is 0 Å². The first-order valence-electron chi connectivity index (χ1n) is 6.38. The average molecular weight is 302 g/mol. The van der Waals surface area contributed by atoms with Gasteiger partial charge in [0.2, 0.25) is 10.0 Å². The molecule has 1 unspecified atom stereocenters. The predicted octanol–water partition coefficient (Wildman–Crippen LogP) is 1.44. The van der Waals surface area contributed by atoms with Crippen LogP contribution in [0.15, 0.2) is 18.2 Å². The van der Waals surface area contributed by atoms with Gasteiger partial charge in [-0.25, -0.2) is 8.42 Å². The summed E-state index contributed by atoms with van der Waals surface area (Å²) in [4.78, 5) is 0. The molecule has 0 saturated carbocycles. The largest absolute Gasteiger partial charge is 0.497 e. The number of benzene rings is 1. The number of rotatable bonds is 8. The third-order valence-electron chi connectivity index (χ3n) is 2.82. The van der Waals surface area contributed by atoms with Gasteiger partial charge in [-0.05, 0) is 13.5 Å². The molecule has 0 fully saturated rings. The Bertz CT molecular complexity index is 509. The molecular formula is C13H22N2O4S. The maximum Gasteiger partial charge on any atom is 0.236 e. The van der Waals surface area contributed by atoms with Gasteiger partial charge in [-0.1, -0.05) is 6.92 Å². The standard InChI is InChI=1S/C13H22N2O4S/c1-5-14-9-10(2)20(16,17)15-11-6-12(18-3)8-13(7-11)19-4/h6-8,10,14-15H,5,9H2,1-4H3. The van der Waals surface area contributed by atoms with E-state index in [9.17, 15) is 8.42 Å². The maximum absolute atomic E-state index is 12.2. The second kappa shape index (κ2) is 7.35. The van der Waals surface area contributed by atoms with Gasteiger partial charge in [-0.15, -0.1) is 0 Å². The number of sulfonamides is 1. The molecule has 114 valence electrons. The zero-order valence-electron chi connectivity index (χ0n) is 12.3. The van der Waals surface area contributed by atoms with Crippen molar-refractivity contribution < 1.29 is 17.9 Å². The lowest BCUT2D eigenvalue weighted by Gasteiger charge is -2.16. The van der Waals surface area contributed by atoms with E-state index in [1.165, 1.54) is 14.2 Å². The molecule has 0 aliphatic rings. The van der Waals surface area contributed by atoms with E-state index in [4.69, 9.17) is 9.47 Å². The van der Waals surface area contributed by atoms with Crippen molar-refractivity contribution >= 4 is 15.7 Å². The smallest absolute Gasteiger partial charge is 0.236 e. The van der Waals surface area contributed by atoms with Crippen LogP contribution in [0.5, 0.6) is 11.5 Å². The van der Waals surface area contributed by atoms with Crippen molar-refractivity contribution in [1.29, 1.82) is 0 Å². The molecule has 0 radical (unpaired) electrons. The van der Waals surface area contributed by atoms with Crippen molar-refractivity contribution in [1.82, 2.24) is 5.32 Å². The molecule has 6 nitrogen and oxygen atoms in total. The van der Waals surface area contributed by atoms with Gasteiger partial charge in [0.25, 0.3) is 0 Å². The van der Waals surface area contributed by atoms with Crippen molar-refractivity contribution in [2.24, 2.45) is 0 Å². The molecule has 20 heavy (non-hydrogen) atoms. The lowest BCUT2D eigenvalue weighted by molar-refractivity contribution is 0.395. The third kappa shape index (κ3) is 4.57. The van der Waals surface area contributed by atoms with E-state index in [2.05, 4.69) is 10.0 Å². The summed E-state index contributed by atoms with van der Waals surface area (Å²) >= 11 is 0. The Labute approximate surface area is 120 Å². The van der Waals surface area contributed by atoms with E-state index in [0.29, 0.717) is 23.7 Å². The van der Waals surface area contributed by atoms with Crippen LogP contribution in [-0.4, -0.2) is 41.0 Å². The molecule has 0 spiro atoms. The van der Waals surface area contributed by atoms with Gasteiger partial charge in [-0.2, -0.15) is 0 Å². The van der Waals surface area contributed by atoms with E-state index in [-0.39, 0.29) is 0 Å². The second-order valence-electron chi connectivity index (χ2n) is 4.37. The van der Waals surface area contributed by atoms with Crippen LogP contribution in [0.2, 0.25) is 0 Å². The van der Waals surface area contributed by atoms with Crippen molar-refractivity contribution in [3.05, 3.63) is 18.2 Å². The van der Waals surface area contributed by atoms with Crippen LogP contribution in [0.3, 0.4) is 0 Å². The highest BCUT2D eigenvalue weighted by atomic mass is 32.2. The molecule has 0 saturated heterocycles. The number of methoxy groups -OCH3 is 2. The molecule has 1 aromatic carbocycles. The Kier molecular flexibility index (Phi) is 6.09. The topological polar surface area (TPSA) is 76.7 Å². The molecule has 7 heteroatoms. The molecule has 0 bridgehead atoms. The van der Waals surface area contributed by atoms with Crippen LogP contribution < -0.4 is 19.5 Å². The molecular weight excluding hydrogens is 280 g/mol. The molecule has 1 atom stereocenters. The molecule has 0 aromatic heterocycles. The van der Waals surface area contributed by atoms with Crippen LogP contribution in [0.1, 0.15) is 13.8 Å². The number of anilines is 1. The van der Waals surface area contributed by atoms with Gasteiger partial charge in [0.05, 0.1) is 25.2 Å². The minimum Gasteiger partial charge on any atom is -0.497 e. The molecule has 2 N–H and O–H groups in total. The highest BCUT2D eigenvalue weighted by Crippen LogP contribution is 2.26. The SMILES string of the molecule is CCNCC(C)S(=O)(=O)Nc1cc(OC)cc(OC)c1. The highest BCUT2D eigenvalue weighted by molar-refractivity contribution is 7.93. The molecule has 1 rings (SSSR count). The van der Waals surface area contributed by atoms with Crippen LogP contribution in [-0.2, 0) is 10.0 Å². The fourth-order valence-electron chi connectivity index (χ4n) is 1.59. The Morgan fingerprint density at radius 2 is 1.70 bits per heavy atom. The van der Waals surface area contributed by atoms with Gasteiger partial charge < -0.3 is 14.8 Å². The third-order valence-corrected chi connectivity index (χ3v) is 4.57. The van der Waals surface area contributed by atoms with Crippen LogP contribution in [0.25, 0.3) is 0 Å². The predicted molar refractivity (Wildman–Crippen MR) is 80.1 cm³/mol. The van der Waals surface area contributed by atoms with Crippen molar-refractivity contribution in [3.8, 4) is 11.5 Å². The van der Waals surface area contributed by atoms with Crippen LogP contribution >= 0.6 is 0 Å². The van der Waals surface area contributed by atoms with Crippen molar-refractivity contribution in [2.45, 2.75) is 19.1 Å². The summed E-state index contributed by atoms with van der Waals surface area (Å²) in [6, 6.07) is 4.90. The van der Waals surface area contributed by atoms with E-state index in [1.807, 2.05) is 6.92 Å². The first-order valence-corrected chi connectivity index (χ1v) is 7.93. The van der Waals surface area contributed by atoms with E-state index >= 15 is 0 Å². The number of hydrogen-bond donors (Lipinski definition) is 2. The molecule has 0 aliphatic carbocycles. The van der Waals surface area contributed by atoms with Crippen molar-refractivity contribution in [2.75, 3.05) is 32.0 Å². The highest BCUT2D eigenvalue weighted by Gasteiger charge is 2.20. The van der Waals surface area contributed by atoms with Crippen LogP contribution in [0, 0.1) is 0 Å². The van der Waals surface area contributed by atoms with Crippen molar-refractivity contribution in [3.63, 3.8) is 0 Å². The lowest BCUT2D eigenvalue weighted by Crippen LogP contribution is -2.34. The first kappa shape index (κ1) is 16.6. The quantitative estimate of drug-likeness (QED) is 0.760. The summed E-state index contributed by atoms with van der Waals surface area (Å²) in [7, 11) is -0.430. The molecule has 0 heterocycles. The fourth-order valence-corrected chi connectivity index (χ4v) is 2.57. The zero-order valence-corrected chi connectivity index (χ0v) is 13.1. The van der Waals surface area contributed by atoms with Gasteiger partial charge in [0.1, 0.15) is 11.5 Å². The Balaban J connectivity index is 2.91. The zero-order chi connectivity index (χ0) is 15.2. The fraction of sp³-hybridized carbons (Fsp3) is 0.538. The Morgan fingerprint density at radius 3 is 2.15 bits per heavy atom.